The number of ether oxygens (including phenoxy) is 1. The lowest BCUT2D eigenvalue weighted by molar-refractivity contribution is 0.0732. The number of hydrogen-bond donors (Lipinski definition) is 1. The molecule has 1 aliphatic rings. The minimum Gasteiger partial charge on any atom is -0.485 e. The molecule has 7 nitrogen and oxygen atoms in total. The number of aromatic nitrogens is 3. The molecule has 2 atom stereocenters. The summed E-state index contributed by atoms with van der Waals surface area (Å²) in [7, 11) is 1.98. The number of allylic oxidation sites excluding steroid dienone is 1. The highest BCUT2D eigenvalue weighted by atomic mass is 35.5. The molecule has 0 aromatic carbocycles. The summed E-state index contributed by atoms with van der Waals surface area (Å²) in [6.07, 6.45) is 3.72. The Hall–Kier alpha value is -3.23. The van der Waals surface area contributed by atoms with Crippen LogP contribution in [0.4, 0.5) is 4.39 Å². The van der Waals surface area contributed by atoms with Crippen molar-refractivity contribution >= 4 is 11.6 Å². The van der Waals surface area contributed by atoms with Gasteiger partial charge in [-0.1, -0.05) is 17.7 Å². The molecule has 36 heavy (non-hydrogen) atoms. The Morgan fingerprint density at radius 1 is 1.22 bits per heavy atom. The van der Waals surface area contributed by atoms with Crippen LogP contribution in [0.15, 0.2) is 59.2 Å². The van der Waals surface area contributed by atoms with E-state index in [1.807, 2.05) is 39.2 Å². The molecule has 0 fully saturated rings. The van der Waals surface area contributed by atoms with Crippen molar-refractivity contribution in [2.75, 3.05) is 7.05 Å². The molecule has 0 radical (unpaired) electrons. The first-order valence-electron chi connectivity index (χ1n) is 11.7. The van der Waals surface area contributed by atoms with Crippen molar-refractivity contribution in [3.8, 4) is 5.75 Å². The van der Waals surface area contributed by atoms with E-state index in [-0.39, 0.29) is 35.0 Å². The summed E-state index contributed by atoms with van der Waals surface area (Å²) < 4.78 is 20.6. The van der Waals surface area contributed by atoms with Crippen LogP contribution in [0.5, 0.6) is 5.75 Å². The van der Waals surface area contributed by atoms with Crippen molar-refractivity contribution in [1.29, 1.82) is 0 Å². The van der Waals surface area contributed by atoms with Gasteiger partial charge in [-0.2, -0.15) is 0 Å². The molecular formula is C27H30ClFN4O3. The second kappa shape index (κ2) is 10.0. The van der Waals surface area contributed by atoms with Crippen molar-refractivity contribution in [1.82, 2.24) is 19.4 Å². The van der Waals surface area contributed by atoms with Crippen molar-refractivity contribution in [2.24, 2.45) is 0 Å². The molecule has 9 heteroatoms. The van der Waals surface area contributed by atoms with Crippen molar-refractivity contribution < 1.29 is 14.2 Å². The van der Waals surface area contributed by atoms with Gasteiger partial charge in [0.15, 0.2) is 0 Å². The fourth-order valence-corrected chi connectivity index (χ4v) is 4.71. The Kier molecular flexibility index (Phi) is 7.20. The Balaban J connectivity index is 1.64. The third-order valence-electron chi connectivity index (χ3n) is 6.43. The fourth-order valence-electron chi connectivity index (χ4n) is 4.51. The number of rotatable bonds is 6. The Morgan fingerprint density at radius 2 is 1.97 bits per heavy atom. The van der Waals surface area contributed by atoms with Crippen LogP contribution in [0.2, 0.25) is 5.02 Å². The van der Waals surface area contributed by atoms with Gasteiger partial charge in [0.2, 0.25) is 0 Å². The lowest BCUT2D eigenvalue weighted by atomic mass is 9.92. The Bertz CT molecular complexity index is 1350. The van der Waals surface area contributed by atoms with Gasteiger partial charge in [0, 0.05) is 25.0 Å². The molecule has 1 N–H and O–H groups in total. The number of hydrogen-bond acceptors (Lipinski definition) is 6. The summed E-state index contributed by atoms with van der Waals surface area (Å²) >= 11 is 6.47. The first kappa shape index (κ1) is 25.9. The van der Waals surface area contributed by atoms with Crippen molar-refractivity contribution in [3.63, 3.8) is 0 Å². The van der Waals surface area contributed by atoms with Gasteiger partial charge < -0.3 is 19.3 Å². The summed E-state index contributed by atoms with van der Waals surface area (Å²) in [6, 6.07) is 9.84. The molecule has 0 amide bonds. The van der Waals surface area contributed by atoms with Crippen molar-refractivity contribution in [2.45, 2.75) is 58.4 Å². The molecule has 190 valence electrons. The highest BCUT2D eigenvalue weighted by Crippen LogP contribution is 2.38. The standard InChI is InChI=1S/C27H30ClFN4O3/c1-16-14-32(5)22(20-7-6-8-24(31-20)27(3,4)35)12-21(16)33-17(2)11-23(25(28)26(33)34)36-15-19-10-9-18(29)13-30-19/h6-11,13-14,21-22,35H,12,15H2,1-5H3/t21-,22?/m1/s1. The van der Waals surface area contributed by atoms with Gasteiger partial charge in [-0.25, -0.2) is 4.39 Å². The maximum atomic E-state index is 13.4. The van der Waals surface area contributed by atoms with Gasteiger partial charge in [0.25, 0.3) is 5.56 Å². The number of halogens is 2. The minimum absolute atomic E-state index is 0.0202. The first-order valence-corrected chi connectivity index (χ1v) is 12.1. The second-order valence-electron chi connectivity index (χ2n) is 9.71. The van der Waals surface area contributed by atoms with Crippen LogP contribution < -0.4 is 10.3 Å². The molecular weight excluding hydrogens is 483 g/mol. The Labute approximate surface area is 214 Å². The zero-order valence-corrected chi connectivity index (χ0v) is 21.8. The number of aryl methyl sites for hydroxylation is 1. The van der Waals surface area contributed by atoms with Gasteiger partial charge >= 0.3 is 0 Å². The molecule has 0 aliphatic carbocycles. The Morgan fingerprint density at radius 3 is 2.64 bits per heavy atom. The maximum absolute atomic E-state index is 13.4. The van der Waals surface area contributed by atoms with E-state index in [2.05, 4.69) is 9.88 Å². The smallest absolute Gasteiger partial charge is 0.273 e. The molecule has 0 bridgehead atoms. The van der Waals surface area contributed by atoms with Gasteiger partial charge in [-0.3, -0.25) is 14.8 Å². The molecule has 3 aromatic rings. The van der Waals surface area contributed by atoms with E-state index in [1.165, 1.54) is 12.1 Å². The highest BCUT2D eigenvalue weighted by molar-refractivity contribution is 6.31. The monoisotopic (exact) mass is 512 g/mol. The summed E-state index contributed by atoms with van der Waals surface area (Å²) in [5.41, 5.74) is 2.22. The number of nitrogens with zero attached hydrogens (tertiary/aromatic N) is 4. The fraction of sp³-hybridized carbons (Fsp3) is 0.370. The second-order valence-corrected chi connectivity index (χ2v) is 10.1. The average molecular weight is 513 g/mol. The molecule has 0 saturated heterocycles. The van der Waals surface area contributed by atoms with E-state index in [1.54, 1.807) is 30.5 Å². The topological polar surface area (TPSA) is 80.5 Å². The van der Waals surface area contributed by atoms with Crippen LogP contribution in [-0.4, -0.2) is 31.6 Å². The SMILES string of the molecule is CC1=CN(C)C(c2cccc(C(C)(C)O)n2)C[C@H]1n1c(C)cc(OCc2ccc(F)cn2)c(Cl)c1=O. The first-order chi connectivity index (χ1) is 17.0. The molecule has 1 aliphatic heterocycles. The number of aliphatic hydroxyl groups is 1. The van der Waals surface area contributed by atoms with E-state index in [0.717, 1.165) is 17.5 Å². The average Bonchev–Trinajstić information content (AvgIpc) is 2.82. The quantitative estimate of drug-likeness (QED) is 0.497. The van der Waals surface area contributed by atoms with Gasteiger partial charge in [-0.15, -0.1) is 0 Å². The normalized spacial score (nSPS) is 18.2. The summed E-state index contributed by atoms with van der Waals surface area (Å²) in [6.45, 7) is 7.30. The maximum Gasteiger partial charge on any atom is 0.273 e. The van der Waals surface area contributed by atoms with Crippen molar-refractivity contribution in [3.05, 3.63) is 98.3 Å². The molecule has 1 unspecified atom stereocenters. The molecule has 0 spiro atoms. The van der Waals surface area contributed by atoms with Gasteiger partial charge in [0.05, 0.1) is 35.4 Å². The van der Waals surface area contributed by atoms with Crippen LogP contribution in [0, 0.1) is 12.7 Å². The largest absolute Gasteiger partial charge is 0.485 e. The van der Waals surface area contributed by atoms with E-state index in [9.17, 15) is 14.3 Å². The predicted octanol–water partition coefficient (Wildman–Crippen LogP) is 5.07. The third kappa shape index (κ3) is 5.29. The zero-order chi connectivity index (χ0) is 26.2. The summed E-state index contributed by atoms with van der Waals surface area (Å²) in [5.74, 6) is -0.177. The van der Waals surface area contributed by atoms with E-state index >= 15 is 0 Å². The highest BCUT2D eigenvalue weighted by Gasteiger charge is 2.31. The lowest BCUT2D eigenvalue weighted by Gasteiger charge is -2.38. The van der Waals surface area contributed by atoms with Crippen LogP contribution in [0.1, 0.15) is 62.1 Å². The summed E-state index contributed by atoms with van der Waals surface area (Å²) in [4.78, 5) is 24.2. The molecule has 4 rings (SSSR count). The van der Waals surface area contributed by atoms with Crippen LogP contribution in [0.25, 0.3) is 0 Å². The number of pyridine rings is 3. The van der Waals surface area contributed by atoms with E-state index in [4.69, 9.17) is 21.3 Å². The van der Waals surface area contributed by atoms with Gasteiger partial charge in [-0.05, 0) is 64.0 Å². The van der Waals surface area contributed by atoms with Gasteiger partial charge in [0.1, 0.15) is 28.8 Å². The van der Waals surface area contributed by atoms with Crippen LogP contribution >= 0.6 is 11.6 Å². The summed E-state index contributed by atoms with van der Waals surface area (Å²) in [5, 5.41) is 10.4. The third-order valence-corrected chi connectivity index (χ3v) is 6.78. The lowest BCUT2D eigenvalue weighted by Crippen LogP contribution is -2.35. The van der Waals surface area contributed by atoms with Crippen LogP contribution in [-0.2, 0) is 12.2 Å². The molecule has 3 aromatic heterocycles. The molecule has 0 saturated carbocycles. The van der Waals surface area contributed by atoms with E-state index in [0.29, 0.717) is 23.5 Å². The zero-order valence-electron chi connectivity index (χ0n) is 21.0. The van der Waals surface area contributed by atoms with Crippen LogP contribution in [0.3, 0.4) is 0 Å². The molecule has 4 heterocycles. The van der Waals surface area contributed by atoms with E-state index < -0.39 is 11.4 Å². The predicted molar refractivity (Wildman–Crippen MR) is 136 cm³/mol. The minimum atomic E-state index is -1.06.